The summed E-state index contributed by atoms with van der Waals surface area (Å²) >= 11 is 1.25. The van der Waals surface area contributed by atoms with E-state index in [1.165, 1.54) is 17.6 Å². The Balaban J connectivity index is 1.17. The third-order valence-corrected chi connectivity index (χ3v) is 20.3. The second-order valence-electron chi connectivity index (χ2n) is 19.5. The number of methoxy groups -OCH3 is 1. The first-order chi connectivity index (χ1) is 30.1. The van der Waals surface area contributed by atoms with Crippen LogP contribution in [-0.2, 0) is 26.0 Å². The molecule has 3 saturated carbocycles. The lowest BCUT2D eigenvalue weighted by Crippen LogP contribution is -2.69. The van der Waals surface area contributed by atoms with Gasteiger partial charge in [0.15, 0.2) is 0 Å². The fourth-order valence-electron chi connectivity index (χ4n) is 10.8. The molecule has 11 nitrogen and oxygen atoms in total. The Morgan fingerprint density at radius 2 is 1.54 bits per heavy atom. The van der Waals surface area contributed by atoms with Crippen molar-refractivity contribution in [1.82, 2.24) is 14.1 Å². The lowest BCUT2D eigenvalue weighted by molar-refractivity contribution is -0.144. The van der Waals surface area contributed by atoms with Crippen LogP contribution in [0.5, 0.6) is 5.75 Å². The van der Waals surface area contributed by atoms with Gasteiger partial charge in [-0.3, -0.25) is 14.2 Å². The van der Waals surface area contributed by atoms with Crippen molar-refractivity contribution in [2.75, 3.05) is 7.11 Å². The number of aryl methyl sites for hydroxylation is 1. The van der Waals surface area contributed by atoms with E-state index in [9.17, 15) is 5.11 Å². The topological polar surface area (TPSA) is 135 Å². The lowest BCUT2D eigenvalue weighted by Gasteiger charge is -2.43. The summed E-state index contributed by atoms with van der Waals surface area (Å²) in [5.74, 6) is 1.38. The number of aromatic nitrogens is 3. The minimum absolute atomic E-state index is 0.0125. The number of fused-ring (bicyclic) bond motifs is 2. The smallest absolute Gasteiger partial charge is 0.333 e. The Hall–Kier alpha value is -5.08. The highest BCUT2D eigenvalue weighted by Crippen LogP contribution is 2.57. The monoisotopic (exact) mass is 887 g/mol. The molecule has 0 spiro atoms. The second kappa shape index (κ2) is 16.2. The fraction of sp³-hybridized carbons (Fsp3) is 0.440. The largest absolute Gasteiger partial charge is 0.508 e. The van der Waals surface area contributed by atoms with Gasteiger partial charge in [-0.25, -0.2) is 14.3 Å². The molecule has 0 bridgehead atoms. The van der Waals surface area contributed by atoms with Crippen molar-refractivity contribution in [1.29, 1.82) is 0 Å². The van der Waals surface area contributed by atoms with Gasteiger partial charge in [-0.15, -0.1) is 11.3 Å². The molecule has 0 saturated heterocycles. The first-order valence-corrected chi connectivity index (χ1v) is 24.8. The van der Waals surface area contributed by atoms with Crippen LogP contribution in [0.15, 0.2) is 111 Å². The van der Waals surface area contributed by atoms with Crippen LogP contribution in [0.3, 0.4) is 0 Å². The quantitative estimate of drug-likeness (QED) is 0.114. The van der Waals surface area contributed by atoms with Crippen LogP contribution in [0.1, 0.15) is 90.4 Å². The predicted molar refractivity (Wildman–Crippen MR) is 247 cm³/mol. The van der Waals surface area contributed by atoms with Gasteiger partial charge in [-0.1, -0.05) is 99.6 Å². The van der Waals surface area contributed by atoms with E-state index in [4.69, 9.17) is 18.3 Å². The number of rotatable bonds is 13. The van der Waals surface area contributed by atoms with Crippen molar-refractivity contribution >= 4 is 46.2 Å². The van der Waals surface area contributed by atoms with Crippen molar-refractivity contribution in [3.05, 3.63) is 129 Å². The van der Waals surface area contributed by atoms with Crippen LogP contribution in [0.4, 0.5) is 0 Å². The number of carbonyl (C=O) groups excluding carboxylic acids is 1. The Bertz CT molecular complexity index is 2700. The number of aliphatic hydroxyl groups is 1. The molecule has 5 atom stereocenters. The summed E-state index contributed by atoms with van der Waals surface area (Å²) in [6.07, 6.45) is 7.63. The average Bonchev–Trinajstić information content (AvgIpc) is 3.53. The molecule has 6 aromatic rings. The van der Waals surface area contributed by atoms with Crippen LogP contribution in [0.25, 0.3) is 21.0 Å². The van der Waals surface area contributed by atoms with Crippen LogP contribution in [0, 0.1) is 24.7 Å². The van der Waals surface area contributed by atoms with Gasteiger partial charge in [0.25, 0.3) is 5.56 Å². The summed E-state index contributed by atoms with van der Waals surface area (Å²) in [5, 5.41) is 13.0. The van der Waals surface area contributed by atoms with Gasteiger partial charge in [0, 0.05) is 5.56 Å². The summed E-state index contributed by atoms with van der Waals surface area (Å²) < 4.78 is 28.4. The van der Waals surface area contributed by atoms with Gasteiger partial charge in [0.2, 0.25) is 5.89 Å². The maximum absolute atomic E-state index is 15.5. The minimum Gasteiger partial charge on any atom is -0.508 e. The van der Waals surface area contributed by atoms with E-state index in [2.05, 4.69) is 25.8 Å². The summed E-state index contributed by atoms with van der Waals surface area (Å²) in [4.78, 5) is 51.4. The SMILES string of the molecule is COc1ccccc1C(Cn1c(=O)n(C(C)(C)C(=O)O[Si](c2ccccc2)(c2ccccc2)C(C)(C)C)c(=O)c2c(C)c(-c3ncco3)sc21)OC1C[C@@H]2CC(O)(C3CC3)C[C@@H]2C1. The predicted octanol–water partition coefficient (Wildman–Crippen LogP) is 8.12. The highest BCUT2D eigenvalue weighted by Gasteiger charge is 2.56. The van der Waals surface area contributed by atoms with E-state index in [1.54, 1.807) is 31.7 Å². The summed E-state index contributed by atoms with van der Waals surface area (Å²) in [6, 6.07) is 27.3. The molecule has 3 aliphatic rings. The van der Waals surface area contributed by atoms with E-state index in [0.29, 0.717) is 44.7 Å². The number of carbonyl (C=O) groups is 1. The zero-order chi connectivity index (χ0) is 44.5. The van der Waals surface area contributed by atoms with Gasteiger partial charge in [-0.2, -0.15) is 0 Å². The highest BCUT2D eigenvalue weighted by atomic mass is 32.1. The molecule has 330 valence electrons. The molecule has 0 aliphatic heterocycles. The van der Waals surface area contributed by atoms with Gasteiger partial charge in [0.1, 0.15) is 28.5 Å². The van der Waals surface area contributed by atoms with E-state index in [1.807, 2.05) is 91.9 Å². The molecule has 3 aromatic heterocycles. The first kappa shape index (κ1) is 43.2. The normalized spacial score (nSPS) is 22.0. The molecular weight excluding hydrogens is 831 g/mol. The summed E-state index contributed by atoms with van der Waals surface area (Å²) in [6.45, 7) is 11.2. The zero-order valence-corrected chi connectivity index (χ0v) is 38.9. The Labute approximate surface area is 372 Å². The van der Waals surface area contributed by atoms with Crippen molar-refractivity contribution < 1.29 is 28.2 Å². The third-order valence-electron chi connectivity index (χ3n) is 14.1. The molecule has 9 rings (SSSR count). The standard InChI is InChI=1S/C50H57N3O8SSi/c1-31-41-44(54)53(49(5,6)46(55)61-63(48(2,3)4,36-16-10-8-11-17-36)37-18-12-9-13-19-37)47(56)52(45(41)62-42(31)43-51-24-25-59-43)30-40(38-20-14-15-21-39(38)58-7)60-35-26-32-28-50(57,34-22-23-34)29-33(32)27-35/h8-21,24-25,32-35,40,57H,22-23,26-30H2,1-7H3/t32-,33+,35?,40?,50?. The van der Waals surface area contributed by atoms with Gasteiger partial charge >= 0.3 is 20.0 Å². The van der Waals surface area contributed by atoms with Crippen molar-refractivity contribution in [3.63, 3.8) is 0 Å². The molecular formula is C50H57N3O8SSi. The number of oxazole rings is 1. The number of benzene rings is 3. The Morgan fingerprint density at radius 3 is 2.10 bits per heavy atom. The van der Waals surface area contributed by atoms with E-state index in [-0.39, 0.29) is 18.0 Å². The average molecular weight is 888 g/mol. The molecule has 13 heteroatoms. The van der Waals surface area contributed by atoms with Gasteiger partial charge in [0.05, 0.1) is 41.8 Å². The lowest BCUT2D eigenvalue weighted by atomic mass is 9.92. The number of hydrogen-bond donors (Lipinski definition) is 1. The first-order valence-electron chi connectivity index (χ1n) is 22.1. The number of hydrogen-bond acceptors (Lipinski definition) is 10. The molecule has 3 aliphatic carbocycles. The van der Waals surface area contributed by atoms with Crippen molar-refractivity contribution in [2.24, 2.45) is 17.8 Å². The number of ether oxygens (including phenoxy) is 2. The molecule has 63 heavy (non-hydrogen) atoms. The molecule has 1 N–H and O–H groups in total. The van der Waals surface area contributed by atoms with Crippen LogP contribution in [0.2, 0.25) is 5.04 Å². The zero-order valence-electron chi connectivity index (χ0n) is 37.1. The van der Waals surface area contributed by atoms with Crippen molar-refractivity contribution in [2.45, 2.75) is 115 Å². The molecule has 3 heterocycles. The molecule has 3 fully saturated rings. The third kappa shape index (κ3) is 7.44. The van der Waals surface area contributed by atoms with Crippen LogP contribution < -0.4 is 26.4 Å². The Morgan fingerprint density at radius 1 is 0.937 bits per heavy atom. The van der Waals surface area contributed by atoms with Gasteiger partial charge < -0.3 is 23.4 Å². The fourth-order valence-corrected chi connectivity index (χ4v) is 16.5. The molecule has 3 unspecified atom stereocenters. The van der Waals surface area contributed by atoms with Gasteiger partial charge in [-0.05, 0) is 104 Å². The van der Waals surface area contributed by atoms with E-state index >= 15 is 14.4 Å². The Kier molecular flexibility index (Phi) is 11.1. The van der Waals surface area contributed by atoms with Crippen LogP contribution in [-0.4, -0.2) is 52.3 Å². The summed E-state index contributed by atoms with van der Waals surface area (Å²) in [5.41, 5.74) is -2.28. The van der Waals surface area contributed by atoms with E-state index < -0.39 is 47.8 Å². The van der Waals surface area contributed by atoms with E-state index in [0.717, 1.165) is 59.0 Å². The number of para-hydroxylation sites is 1. The summed E-state index contributed by atoms with van der Waals surface area (Å²) in [7, 11) is -1.85. The molecule has 3 aromatic carbocycles. The maximum atomic E-state index is 15.5. The maximum Gasteiger partial charge on any atom is 0.333 e. The molecule has 0 radical (unpaired) electrons. The second-order valence-corrected chi connectivity index (χ2v) is 24.7. The highest BCUT2D eigenvalue weighted by molar-refractivity contribution is 7.22. The van der Waals surface area contributed by atoms with Crippen LogP contribution >= 0.6 is 11.3 Å². The molecule has 0 amide bonds. The number of nitrogens with zero attached hydrogens (tertiary/aromatic N) is 3. The number of thiophene rings is 1. The van der Waals surface area contributed by atoms with Crippen molar-refractivity contribution in [3.8, 4) is 16.5 Å². The minimum atomic E-state index is -3.47.